The second kappa shape index (κ2) is 9.97. The topological polar surface area (TPSA) is 65.4 Å². The number of ether oxygens (including phenoxy) is 2. The summed E-state index contributed by atoms with van der Waals surface area (Å²) in [5.74, 6) is -2.16. The molecule has 0 spiro atoms. The molecule has 0 atom stereocenters. The molecule has 2 aromatic rings. The molecule has 6 nitrogen and oxygen atoms in total. The molecule has 1 N–H and O–H groups in total. The second-order valence-electron chi connectivity index (χ2n) is 7.23. The van der Waals surface area contributed by atoms with E-state index in [9.17, 15) is 26.7 Å². The Hall–Kier alpha value is -2.50. The van der Waals surface area contributed by atoms with Gasteiger partial charge in [0.15, 0.2) is 0 Å². The van der Waals surface area contributed by atoms with Gasteiger partial charge in [0.25, 0.3) is 0 Å². The van der Waals surface area contributed by atoms with Gasteiger partial charge in [0, 0.05) is 42.7 Å². The minimum atomic E-state index is -4.68. The smallest absolute Gasteiger partial charge is 0.368 e. The number of hydrogen-bond donors (Lipinski definition) is 1. The maximum absolute atomic E-state index is 14.0. The number of aryl methyl sites for hydroxylation is 1. The van der Waals surface area contributed by atoms with Gasteiger partial charge in [-0.15, -0.1) is 13.2 Å². The highest BCUT2D eigenvalue weighted by Gasteiger charge is 2.40. The van der Waals surface area contributed by atoms with Crippen LogP contribution in [0.25, 0.3) is 11.3 Å². The van der Waals surface area contributed by atoms with E-state index in [1.807, 2.05) is 0 Å². The molecule has 12 heteroatoms. The molecule has 1 aromatic heterocycles. The first-order valence-electron chi connectivity index (χ1n) is 9.50. The molecule has 1 amide bonds. The van der Waals surface area contributed by atoms with Gasteiger partial charge in [0.1, 0.15) is 18.2 Å². The van der Waals surface area contributed by atoms with Crippen molar-refractivity contribution in [2.45, 2.75) is 44.4 Å². The molecule has 32 heavy (non-hydrogen) atoms. The molecular weight excluding hydrogens is 461 g/mol. The molecule has 1 saturated carbocycles. The molecule has 1 heterocycles. The lowest BCUT2D eigenvalue weighted by atomic mass is 9.92. The van der Waals surface area contributed by atoms with Gasteiger partial charge < -0.3 is 14.6 Å². The maximum Gasteiger partial charge on any atom is 0.522 e. The highest BCUT2D eigenvalue weighted by atomic mass is 35.5. The van der Waals surface area contributed by atoms with Crippen molar-refractivity contribution in [2.75, 3.05) is 6.61 Å². The van der Waals surface area contributed by atoms with E-state index in [0.717, 1.165) is 12.1 Å². The van der Waals surface area contributed by atoms with Crippen LogP contribution < -0.4 is 5.32 Å². The van der Waals surface area contributed by atoms with Crippen LogP contribution in [0.4, 0.5) is 22.0 Å². The molecule has 0 bridgehead atoms. The molecule has 3 rings (SSSR count). The number of benzene rings is 1. The summed E-state index contributed by atoms with van der Waals surface area (Å²) in [4.78, 5) is 15.9. The lowest BCUT2D eigenvalue weighted by molar-refractivity contribution is -0.357. The normalized spacial score (nSPS) is 18.3. The third-order valence-electron chi connectivity index (χ3n) is 4.69. The van der Waals surface area contributed by atoms with Gasteiger partial charge in [-0.05, 0) is 12.1 Å². The highest BCUT2D eigenvalue weighted by molar-refractivity contribution is 6.30. The Morgan fingerprint density at radius 2 is 1.91 bits per heavy atom. The van der Waals surface area contributed by atoms with Crippen molar-refractivity contribution in [1.82, 2.24) is 14.9 Å². The van der Waals surface area contributed by atoms with E-state index in [0.29, 0.717) is 18.7 Å². The van der Waals surface area contributed by atoms with Crippen molar-refractivity contribution in [2.24, 2.45) is 0 Å². The number of hydrogen-bond acceptors (Lipinski definition) is 4. The summed E-state index contributed by atoms with van der Waals surface area (Å²) in [5, 5.41) is 2.46. The van der Waals surface area contributed by atoms with Crippen LogP contribution in [-0.2, 0) is 20.8 Å². The number of alkyl halides is 3. The number of imidazole rings is 1. The van der Waals surface area contributed by atoms with Gasteiger partial charge in [-0.25, -0.2) is 13.8 Å². The van der Waals surface area contributed by atoms with Crippen molar-refractivity contribution >= 4 is 17.5 Å². The number of carbonyl (C=O) groups excluding carboxylic acids is 1. The van der Waals surface area contributed by atoms with Crippen molar-refractivity contribution in [1.29, 1.82) is 0 Å². The number of nitrogens with zero attached hydrogens (tertiary/aromatic N) is 2. The van der Waals surface area contributed by atoms with E-state index < -0.39 is 36.1 Å². The lowest BCUT2D eigenvalue weighted by Crippen LogP contribution is -2.42. The Balaban J connectivity index is 1.39. The fraction of sp³-hybridized carbons (Fsp3) is 0.400. The van der Waals surface area contributed by atoms with Crippen LogP contribution in [0.15, 0.2) is 36.9 Å². The van der Waals surface area contributed by atoms with Crippen LogP contribution in [0.2, 0.25) is 5.02 Å². The Bertz CT molecular complexity index is 966. The first kappa shape index (κ1) is 24.1. The highest BCUT2D eigenvalue weighted by Crippen LogP contribution is 2.32. The summed E-state index contributed by atoms with van der Waals surface area (Å²) in [5.41, 5.74) is 0.161. The third-order valence-corrected chi connectivity index (χ3v) is 4.90. The minimum absolute atomic E-state index is 0.0610. The zero-order valence-electron chi connectivity index (χ0n) is 16.6. The average Bonchev–Trinajstić information content (AvgIpc) is 3.08. The van der Waals surface area contributed by atoms with Gasteiger partial charge in [-0.3, -0.25) is 9.53 Å². The first-order chi connectivity index (χ1) is 15.0. The van der Waals surface area contributed by atoms with E-state index in [1.165, 1.54) is 12.5 Å². The number of allylic oxidation sites excluding steroid dienone is 1. The SMILES string of the molecule is C=C(CCn1cnc(-c2c(F)cc(Cl)cc2F)c1)NC(=O)CO[C@H]1C[C@@H](OC(F)(F)F)C1. The van der Waals surface area contributed by atoms with Crippen molar-refractivity contribution in [3.05, 3.63) is 53.6 Å². The third kappa shape index (κ3) is 6.75. The summed E-state index contributed by atoms with van der Waals surface area (Å²) in [6.07, 6.45) is -2.85. The number of halogens is 6. The van der Waals surface area contributed by atoms with Crippen LogP contribution in [0.5, 0.6) is 0 Å². The average molecular weight is 480 g/mol. The first-order valence-corrected chi connectivity index (χ1v) is 9.88. The molecular formula is C20H19ClF5N3O3. The largest absolute Gasteiger partial charge is 0.522 e. The summed E-state index contributed by atoms with van der Waals surface area (Å²) < 4.78 is 74.9. The maximum atomic E-state index is 14.0. The van der Waals surface area contributed by atoms with Crippen LogP contribution >= 0.6 is 11.6 Å². The van der Waals surface area contributed by atoms with Crippen LogP contribution in [-0.4, -0.2) is 40.6 Å². The molecule has 1 fully saturated rings. The van der Waals surface area contributed by atoms with E-state index >= 15 is 0 Å². The molecule has 1 aromatic carbocycles. The van der Waals surface area contributed by atoms with Gasteiger partial charge in [0.2, 0.25) is 5.91 Å². The zero-order chi connectivity index (χ0) is 23.5. The Morgan fingerprint density at radius 1 is 1.25 bits per heavy atom. The number of aromatic nitrogens is 2. The van der Waals surface area contributed by atoms with Crippen molar-refractivity contribution in [3.8, 4) is 11.3 Å². The molecule has 174 valence electrons. The van der Waals surface area contributed by atoms with Crippen LogP contribution in [0.1, 0.15) is 19.3 Å². The number of rotatable bonds is 9. The molecule has 0 unspecified atom stereocenters. The molecule has 1 aliphatic carbocycles. The molecule has 0 radical (unpaired) electrons. The van der Waals surface area contributed by atoms with Crippen molar-refractivity contribution < 1.29 is 36.2 Å². The fourth-order valence-corrected chi connectivity index (χ4v) is 3.28. The number of carbonyl (C=O) groups is 1. The van der Waals surface area contributed by atoms with Gasteiger partial charge in [0.05, 0.1) is 29.8 Å². The van der Waals surface area contributed by atoms with Gasteiger partial charge in [-0.1, -0.05) is 18.2 Å². The predicted octanol–water partition coefficient (Wildman–Crippen LogP) is 4.59. The molecule has 0 saturated heterocycles. The van der Waals surface area contributed by atoms with Crippen LogP contribution in [0, 0.1) is 11.6 Å². The lowest BCUT2D eigenvalue weighted by Gasteiger charge is -2.34. The predicted molar refractivity (Wildman–Crippen MR) is 104 cm³/mol. The summed E-state index contributed by atoms with van der Waals surface area (Å²) in [6.45, 7) is 3.72. The standard InChI is InChI=1S/C20H19ClF5N3O3/c1-11(28-18(30)9-31-13-6-14(7-13)32-20(24,25)26)2-3-29-8-17(27-10-29)19-15(22)4-12(21)5-16(19)23/h4-5,8,10,13-14H,1-3,6-7,9H2,(H,28,30)/t13-,14+. The number of amides is 1. The minimum Gasteiger partial charge on any atom is -0.368 e. The van der Waals surface area contributed by atoms with Gasteiger partial charge in [-0.2, -0.15) is 0 Å². The summed E-state index contributed by atoms with van der Waals surface area (Å²) >= 11 is 5.62. The summed E-state index contributed by atoms with van der Waals surface area (Å²) in [7, 11) is 0. The number of nitrogens with one attached hydrogen (secondary N) is 1. The van der Waals surface area contributed by atoms with E-state index in [4.69, 9.17) is 16.3 Å². The van der Waals surface area contributed by atoms with Crippen molar-refractivity contribution in [3.63, 3.8) is 0 Å². The fourth-order valence-electron chi connectivity index (χ4n) is 3.09. The Labute approximate surface area is 185 Å². The molecule has 0 aliphatic heterocycles. The Morgan fingerprint density at radius 3 is 2.53 bits per heavy atom. The molecule has 1 aliphatic rings. The second-order valence-corrected chi connectivity index (χ2v) is 7.67. The van der Waals surface area contributed by atoms with E-state index in [2.05, 4.69) is 21.6 Å². The monoisotopic (exact) mass is 479 g/mol. The van der Waals surface area contributed by atoms with E-state index in [-0.39, 0.29) is 35.7 Å². The Kier molecular flexibility index (Phi) is 7.52. The zero-order valence-corrected chi connectivity index (χ0v) is 17.3. The summed E-state index contributed by atoms with van der Waals surface area (Å²) in [6, 6.07) is 1.98. The quantitative estimate of drug-likeness (QED) is 0.534. The van der Waals surface area contributed by atoms with Gasteiger partial charge >= 0.3 is 6.36 Å². The van der Waals surface area contributed by atoms with E-state index in [1.54, 1.807) is 4.57 Å². The van der Waals surface area contributed by atoms with Crippen LogP contribution in [0.3, 0.4) is 0 Å².